The standard InChI is InChI=1S/C19H15FN2O4.C15H16F3N5O4S.C3H8NO5P.C3H9S/c1-2-7-21-15-9-14(13(20)8-16(15)26-10-17(21)23)22-18(24)11-5-3-4-6-12(11)19(22)25;1-9-19-12(22-14(20-9)27-2)21-13(24)23-28(25,26)11-6-4-3-5-10(11)7-8-15(16,17)18;5-3(6)1-4-2-10(7,8)9;1-4(2)3/h1,8-9H,3-7,10H2;3-6H,7-8H2,1-2H3,(H2,19,20,21,22,23,24);4H,1-2H2,(H,5,6)(H2,7,8,9);1-3H3/q;;;+1/p-1. The molecule has 5 N–H and O–H groups in total. The fourth-order valence-electron chi connectivity index (χ4n) is 6.07. The molecule has 2 aromatic carbocycles. The van der Waals surface area contributed by atoms with Crippen molar-refractivity contribution < 1.29 is 78.9 Å². The molecule has 2 aliphatic heterocycles. The number of aromatic nitrogens is 3. The first-order valence-electron chi connectivity index (χ1n) is 19.7. The fraction of sp³-hybridized carbons (Fsp3) is 0.400. The first-order valence-corrected chi connectivity index (χ1v) is 25.4. The van der Waals surface area contributed by atoms with Crippen molar-refractivity contribution in [3.8, 4) is 24.1 Å². The molecular weight excluding hydrogens is 972 g/mol. The number of carboxylic acids is 1. The summed E-state index contributed by atoms with van der Waals surface area (Å²) in [6, 6.07) is 6.18. The summed E-state index contributed by atoms with van der Waals surface area (Å²) in [5, 5.41) is 12.1. The maximum absolute atomic E-state index is 14.7. The Morgan fingerprint density at radius 2 is 1.65 bits per heavy atom. The van der Waals surface area contributed by atoms with Crippen LogP contribution in [0.25, 0.3) is 0 Å². The fourth-order valence-corrected chi connectivity index (χ4v) is 7.64. The highest BCUT2D eigenvalue weighted by atomic mass is 32.2. The number of anilines is 3. The van der Waals surface area contributed by atoms with Crippen molar-refractivity contribution in [1.29, 1.82) is 0 Å². The number of aliphatic carboxylic acids is 1. The van der Waals surface area contributed by atoms with Gasteiger partial charge in [0.2, 0.25) is 5.95 Å². The van der Waals surface area contributed by atoms with E-state index in [0.717, 1.165) is 29.9 Å². The Morgan fingerprint density at radius 3 is 2.19 bits per heavy atom. The molecule has 28 heteroatoms. The number of amides is 5. The smallest absolute Gasteiger partial charge is 0.389 e. The molecule has 1 aliphatic carbocycles. The lowest BCUT2D eigenvalue weighted by atomic mass is 9.93. The Morgan fingerprint density at radius 1 is 1.04 bits per heavy atom. The van der Waals surface area contributed by atoms with E-state index in [4.69, 9.17) is 25.9 Å². The number of methoxy groups -OCH3 is 1. The molecule has 0 spiro atoms. The average Bonchev–Trinajstić information content (AvgIpc) is 3.48. The summed E-state index contributed by atoms with van der Waals surface area (Å²) < 4.78 is 98.7. The van der Waals surface area contributed by atoms with E-state index in [2.05, 4.69) is 45.0 Å². The van der Waals surface area contributed by atoms with Crippen molar-refractivity contribution >= 4 is 75.6 Å². The molecule has 1 atom stereocenters. The van der Waals surface area contributed by atoms with Crippen molar-refractivity contribution in [3.05, 3.63) is 64.7 Å². The van der Waals surface area contributed by atoms with E-state index in [-0.39, 0.29) is 59.5 Å². The van der Waals surface area contributed by atoms with Crippen LogP contribution in [0.5, 0.6) is 11.8 Å². The van der Waals surface area contributed by atoms with Gasteiger partial charge < -0.3 is 28.9 Å². The number of carbonyl (C=O) groups excluding carboxylic acids is 4. The number of hydrogen-bond donors (Lipinski definition) is 5. The number of carboxylic acid groups (broad SMARTS) is 1. The number of imide groups is 1. The van der Waals surface area contributed by atoms with Gasteiger partial charge in [0.25, 0.3) is 27.7 Å². The zero-order valence-corrected chi connectivity index (χ0v) is 39.5. The number of benzene rings is 2. The third-order valence-electron chi connectivity index (χ3n) is 8.74. The lowest BCUT2D eigenvalue weighted by Crippen LogP contribution is -2.39. The first-order chi connectivity index (χ1) is 31.7. The molecule has 370 valence electrons. The largest absolute Gasteiger partial charge is 0.778 e. The van der Waals surface area contributed by atoms with E-state index in [0.29, 0.717) is 34.9 Å². The van der Waals surface area contributed by atoms with Gasteiger partial charge in [-0.25, -0.2) is 27.2 Å². The highest BCUT2D eigenvalue weighted by molar-refractivity contribution is 7.94. The maximum Gasteiger partial charge on any atom is 0.389 e. The van der Waals surface area contributed by atoms with E-state index in [1.165, 1.54) is 43.2 Å². The summed E-state index contributed by atoms with van der Waals surface area (Å²) in [4.78, 5) is 90.2. The number of carbonyl (C=O) groups is 5. The zero-order valence-electron chi connectivity index (χ0n) is 37.0. The van der Waals surface area contributed by atoms with Crippen LogP contribution in [0.4, 0.5) is 39.7 Å². The van der Waals surface area contributed by atoms with Crippen LogP contribution in [0.2, 0.25) is 0 Å². The van der Waals surface area contributed by atoms with Gasteiger partial charge in [0.05, 0.1) is 61.5 Å². The molecule has 0 bridgehead atoms. The lowest BCUT2D eigenvalue weighted by molar-refractivity contribution is -0.193. The van der Waals surface area contributed by atoms with Crippen LogP contribution in [-0.4, -0.2) is 121 Å². The number of urea groups is 1. The second kappa shape index (κ2) is 24.7. The number of sulfonamides is 1. The normalized spacial score (nSPS) is 15.1. The zero-order chi connectivity index (χ0) is 51.1. The molecule has 0 fully saturated rings. The van der Waals surface area contributed by atoms with Crippen LogP contribution in [-0.2, 0) is 51.1 Å². The summed E-state index contributed by atoms with van der Waals surface area (Å²) in [5.74, 6) is -0.818. The van der Waals surface area contributed by atoms with E-state index in [9.17, 15) is 59.4 Å². The molecular formula is C40H47F4N8O13PS2. The van der Waals surface area contributed by atoms with Gasteiger partial charge in [-0.3, -0.25) is 34.7 Å². The van der Waals surface area contributed by atoms with E-state index in [1.54, 1.807) is 4.72 Å². The molecule has 68 heavy (non-hydrogen) atoms. The number of hydrogen-bond acceptors (Lipinski definition) is 15. The van der Waals surface area contributed by atoms with Gasteiger partial charge in [-0.05, 0) is 67.6 Å². The summed E-state index contributed by atoms with van der Waals surface area (Å²) in [5.41, 5.74) is 0.921. The molecule has 0 saturated carbocycles. The number of alkyl halides is 3. The van der Waals surface area contributed by atoms with Gasteiger partial charge in [-0.15, -0.1) is 6.42 Å². The van der Waals surface area contributed by atoms with Crippen LogP contribution in [0.15, 0.2) is 52.4 Å². The Hall–Kier alpha value is -6.17. The number of aryl methyl sites for hydroxylation is 2. The third kappa shape index (κ3) is 17.2. The minimum Gasteiger partial charge on any atom is -0.778 e. The summed E-state index contributed by atoms with van der Waals surface area (Å²) in [6.45, 7) is 0.759. The van der Waals surface area contributed by atoms with Gasteiger partial charge in [-0.2, -0.15) is 28.1 Å². The molecule has 1 aromatic heterocycles. The topological polar surface area (TPSA) is 300 Å². The number of fused-ring (bicyclic) bond motifs is 1. The predicted molar refractivity (Wildman–Crippen MR) is 238 cm³/mol. The van der Waals surface area contributed by atoms with Crippen LogP contribution in [0.3, 0.4) is 0 Å². The maximum atomic E-state index is 14.7. The second-order valence-electron chi connectivity index (χ2n) is 14.7. The Balaban J connectivity index is 0.000000283. The van der Waals surface area contributed by atoms with Gasteiger partial charge in [0.1, 0.15) is 19.2 Å². The quantitative estimate of drug-likeness (QED) is 0.0573. The molecule has 3 aliphatic rings. The Labute approximate surface area is 390 Å². The monoisotopic (exact) mass is 1020 g/mol. The predicted octanol–water partition coefficient (Wildman–Crippen LogP) is 2.78. The molecule has 21 nitrogen and oxygen atoms in total. The number of halogens is 4. The Bertz CT molecular complexity index is 2580. The van der Waals surface area contributed by atoms with Crippen LogP contribution >= 0.6 is 7.60 Å². The number of nitrogens with zero attached hydrogens (tertiary/aromatic N) is 5. The van der Waals surface area contributed by atoms with E-state index >= 15 is 0 Å². The van der Waals surface area contributed by atoms with Gasteiger partial charge in [0.15, 0.2) is 12.4 Å². The van der Waals surface area contributed by atoms with Crippen molar-refractivity contribution in [3.63, 3.8) is 0 Å². The molecule has 0 saturated heterocycles. The van der Waals surface area contributed by atoms with Crippen molar-refractivity contribution in [2.45, 2.75) is 56.5 Å². The second-order valence-corrected chi connectivity index (χ2v) is 20.4. The van der Waals surface area contributed by atoms with Crippen molar-refractivity contribution in [2.75, 3.05) is 67.0 Å². The number of rotatable bonds is 12. The SMILES string of the molecule is C#CCN1C(=O)COc2cc(F)c(N3C(=O)C4=C(CCCC4)C3=O)cc21.COc1nc(C)nc(NC(=O)NS(=O)(=O)c2ccccc2CCC(F)(F)F)n1.C[S+](C)C.O=C(O)CNCP(=O)([O-])O. The number of ether oxygens (including phenoxy) is 2. The third-order valence-corrected chi connectivity index (χ3v) is 10.8. The molecule has 3 aromatic rings. The van der Waals surface area contributed by atoms with Crippen LogP contribution in [0, 0.1) is 25.1 Å². The van der Waals surface area contributed by atoms with Crippen LogP contribution < -0.4 is 39.5 Å². The first kappa shape index (κ1) is 56.2. The summed E-state index contributed by atoms with van der Waals surface area (Å²) in [6.07, 6.45) is 7.69. The summed E-state index contributed by atoms with van der Waals surface area (Å²) in [7, 11) is -6.85. The van der Waals surface area contributed by atoms with E-state index in [1.807, 2.05) is 5.32 Å². The summed E-state index contributed by atoms with van der Waals surface area (Å²) >= 11 is 0. The highest BCUT2D eigenvalue weighted by Crippen LogP contribution is 2.42. The molecule has 1 unspecified atom stereocenters. The van der Waals surface area contributed by atoms with Gasteiger partial charge >= 0.3 is 24.2 Å². The molecule has 5 amide bonds. The number of terminal acetylenes is 1. The minimum absolute atomic E-state index is 0.0170. The Kier molecular flexibility index (Phi) is 20.4. The molecule has 3 heterocycles. The highest BCUT2D eigenvalue weighted by Gasteiger charge is 2.42. The van der Waals surface area contributed by atoms with Crippen LogP contribution in [0.1, 0.15) is 43.5 Å². The molecule has 0 radical (unpaired) electrons. The van der Waals surface area contributed by atoms with E-state index < -0.39 is 84.0 Å². The van der Waals surface area contributed by atoms with Crippen molar-refractivity contribution in [2.24, 2.45) is 0 Å². The average molecular weight is 1020 g/mol. The van der Waals surface area contributed by atoms with Crippen molar-refractivity contribution in [1.82, 2.24) is 25.0 Å². The lowest BCUT2D eigenvalue weighted by Gasteiger charge is -2.29. The number of nitrogens with one attached hydrogen (secondary N) is 3. The van der Waals surface area contributed by atoms with Gasteiger partial charge in [0, 0.05) is 23.6 Å². The molecule has 6 rings (SSSR count). The van der Waals surface area contributed by atoms with Gasteiger partial charge in [-0.1, -0.05) is 24.1 Å². The minimum atomic E-state index is -4.45.